The van der Waals surface area contributed by atoms with Crippen LogP contribution < -0.4 is 11.5 Å². The molecule has 0 radical (unpaired) electrons. The molecule has 0 bridgehead atoms. The van der Waals surface area contributed by atoms with Crippen LogP contribution in [0.3, 0.4) is 0 Å². The Morgan fingerprint density at radius 2 is 2.42 bits per heavy atom. The maximum atomic E-state index is 5.82. The van der Waals surface area contributed by atoms with E-state index in [1.54, 1.807) is 0 Å². The van der Waals surface area contributed by atoms with Crippen molar-refractivity contribution in [1.82, 2.24) is 4.98 Å². The average molecular weight is 185 g/mol. The van der Waals surface area contributed by atoms with E-state index >= 15 is 0 Å². The molecule has 1 aromatic heterocycles. The third-order valence-corrected chi connectivity index (χ3v) is 2.74. The number of hydrogen-bond acceptors (Lipinski definition) is 5. The molecule has 4 N–H and O–H groups in total. The summed E-state index contributed by atoms with van der Waals surface area (Å²) >= 11 is 1.45. The minimum atomic E-state index is 0.0755. The Labute approximate surface area is 74.5 Å². The van der Waals surface area contributed by atoms with Gasteiger partial charge in [0.2, 0.25) is 0 Å². The van der Waals surface area contributed by atoms with Crippen LogP contribution in [0.5, 0.6) is 0 Å². The van der Waals surface area contributed by atoms with Gasteiger partial charge in [-0.25, -0.2) is 4.98 Å². The summed E-state index contributed by atoms with van der Waals surface area (Å²) in [6.07, 6.45) is 0. The summed E-state index contributed by atoms with van der Waals surface area (Å²) in [6.45, 7) is 1.30. The van der Waals surface area contributed by atoms with Crippen LogP contribution in [0.15, 0.2) is 5.38 Å². The van der Waals surface area contributed by atoms with Gasteiger partial charge in [0.15, 0.2) is 5.13 Å². The van der Waals surface area contributed by atoms with Crippen LogP contribution in [0.1, 0.15) is 11.6 Å². The number of ether oxygens (including phenoxy) is 1. The number of thiazole rings is 1. The van der Waals surface area contributed by atoms with E-state index in [4.69, 9.17) is 16.2 Å². The minimum Gasteiger partial charge on any atom is -0.379 e. The summed E-state index contributed by atoms with van der Waals surface area (Å²) in [5.41, 5.74) is 12.3. The number of aromatic nitrogens is 1. The molecule has 1 aliphatic heterocycles. The molecule has 1 aromatic rings. The Hall–Kier alpha value is -0.650. The van der Waals surface area contributed by atoms with Crippen LogP contribution in [0.2, 0.25) is 0 Å². The van der Waals surface area contributed by atoms with Gasteiger partial charge in [-0.15, -0.1) is 11.3 Å². The van der Waals surface area contributed by atoms with Gasteiger partial charge in [-0.2, -0.15) is 0 Å². The van der Waals surface area contributed by atoms with Gasteiger partial charge in [0.1, 0.15) is 0 Å². The number of anilines is 1. The Morgan fingerprint density at radius 3 is 2.92 bits per heavy atom. The van der Waals surface area contributed by atoms with Crippen molar-refractivity contribution >= 4 is 16.5 Å². The van der Waals surface area contributed by atoms with Crippen molar-refractivity contribution in [1.29, 1.82) is 0 Å². The first-order valence-electron chi connectivity index (χ1n) is 3.81. The summed E-state index contributed by atoms with van der Waals surface area (Å²) in [5.74, 6) is 0.235. The highest BCUT2D eigenvalue weighted by Gasteiger charge is 2.28. The molecular formula is C7H11N3OS. The van der Waals surface area contributed by atoms with Gasteiger partial charge in [0, 0.05) is 17.3 Å². The summed E-state index contributed by atoms with van der Waals surface area (Å²) in [7, 11) is 0. The zero-order valence-electron chi connectivity index (χ0n) is 6.56. The molecule has 0 aromatic carbocycles. The van der Waals surface area contributed by atoms with Gasteiger partial charge in [-0.3, -0.25) is 0 Å². The van der Waals surface area contributed by atoms with Crippen molar-refractivity contribution in [3.05, 3.63) is 11.1 Å². The van der Waals surface area contributed by atoms with E-state index in [0.717, 1.165) is 5.69 Å². The summed E-state index contributed by atoms with van der Waals surface area (Å²) in [4.78, 5) is 4.18. The molecule has 2 atom stereocenters. The molecule has 1 fully saturated rings. The minimum absolute atomic E-state index is 0.0755. The smallest absolute Gasteiger partial charge is 0.180 e. The molecule has 1 saturated heterocycles. The third-order valence-electron chi connectivity index (χ3n) is 2.04. The van der Waals surface area contributed by atoms with E-state index in [0.29, 0.717) is 18.3 Å². The number of nitrogens with zero attached hydrogens (tertiary/aromatic N) is 1. The van der Waals surface area contributed by atoms with Crippen LogP contribution in [-0.4, -0.2) is 24.2 Å². The lowest BCUT2D eigenvalue weighted by molar-refractivity contribution is 0.190. The number of nitrogen functional groups attached to an aromatic ring is 1. The maximum Gasteiger partial charge on any atom is 0.180 e. The normalized spacial score (nSPS) is 29.4. The molecule has 0 saturated carbocycles. The van der Waals surface area contributed by atoms with Gasteiger partial charge in [0.05, 0.1) is 18.9 Å². The Kier molecular flexibility index (Phi) is 2.00. The second-order valence-electron chi connectivity index (χ2n) is 2.92. The Morgan fingerprint density at radius 1 is 1.58 bits per heavy atom. The summed E-state index contributed by atoms with van der Waals surface area (Å²) < 4.78 is 5.23. The molecule has 0 aliphatic carbocycles. The van der Waals surface area contributed by atoms with Gasteiger partial charge in [-0.05, 0) is 0 Å². The first-order valence-corrected chi connectivity index (χ1v) is 4.69. The van der Waals surface area contributed by atoms with Crippen molar-refractivity contribution in [2.24, 2.45) is 5.73 Å². The Bertz CT molecular complexity index is 275. The average Bonchev–Trinajstić information content (AvgIpc) is 2.58. The van der Waals surface area contributed by atoms with E-state index in [-0.39, 0.29) is 12.0 Å². The lowest BCUT2D eigenvalue weighted by atomic mass is 10.0. The van der Waals surface area contributed by atoms with Crippen molar-refractivity contribution in [2.75, 3.05) is 18.9 Å². The van der Waals surface area contributed by atoms with Gasteiger partial charge in [0.25, 0.3) is 0 Å². The molecule has 2 rings (SSSR count). The predicted molar refractivity (Wildman–Crippen MR) is 48.1 cm³/mol. The first-order chi connectivity index (χ1) is 5.77. The monoisotopic (exact) mass is 185 g/mol. The standard InChI is InChI=1S/C7H11N3OS/c8-5-2-11-1-4(5)6-3-12-7(9)10-6/h3-5H,1-2,8H2,(H2,9,10). The van der Waals surface area contributed by atoms with Gasteiger partial charge < -0.3 is 16.2 Å². The molecule has 0 amide bonds. The van der Waals surface area contributed by atoms with Crippen LogP contribution in [0, 0.1) is 0 Å². The first kappa shape index (κ1) is 7.97. The zero-order chi connectivity index (χ0) is 8.55. The van der Waals surface area contributed by atoms with E-state index in [2.05, 4.69) is 4.98 Å². The van der Waals surface area contributed by atoms with Gasteiger partial charge >= 0.3 is 0 Å². The van der Waals surface area contributed by atoms with Crippen LogP contribution in [0.25, 0.3) is 0 Å². The highest BCUT2D eigenvalue weighted by Crippen LogP contribution is 2.26. The highest BCUT2D eigenvalue weighted by atomic mass is 32.1. The number of rotatable bonds is 1. The lowest BCUT2D eigenvalue weighted by Crippen LogP contribution is -2.26. The number of hydrogen-bond donors (Lipinski definition) is 2. The predicted octanol–water partition coefficient (Wildman–Crippen LogP) is 0.166. The zero-order valence-corrected chi connectivity index (χ0v) is 7.38. The van der Waals surface area contributed by atoms with E-state index in [9.17, 15) is 0 Å². The van der Waals surface area contributed by atoms with Crippen LogP contribution in [-0.2, 0) is 4.74 Å². The topological polar surface area (TPSA) is 74.2 Å². The van der Waals surface area contributed by atoms with E-state index in [1.807, 2.05) is 5.38 Å². The van der Waals surface area contributed by atoms with Crippen molar-refractivity contribution in [2.45, 2.75) is 12.0 Å². The molecule has 12 heavy (non-hydrogen) atoms. The molecule has 4 nitrogen and oxygen atoms in total. The largest absolute Gasteiger partial charge is 0.379 e. The molecular weight excluding hydrogens is 174 g/mol. The molecule has 0 spiro atoms. The van der Waals surface area contributed by atoms with Gasteiger partial charge in [-0.1, -0.05) is 0 Å². The molecule has 1 aliphatic rings. The van der Waals surface area contributed by atoms with Crippen molar-refractivity contribution in [3.63, 3.8) is 0 Å². The fraction of sp³-hybridized carbons (Fsp3) is 0.571. The van der Waals surface area contributed by atoms with E-state index < -0.39 is 0 Å². The van der Waals surface area contributed by atoms with Crippen molar-refractivity contribution in [3.8, 4) is 0 Å². The molecule has 5 heteroatoms. The van der Waals surface area contributed by atoms with Crippen molar-refractivity contribution < 1.29 is 4.74 Å². The molecule has 2 unspecified atom stereocenters. The summed E-state index contributed by atoms with van der Waals surface area (Å²) in [5, 5.41) is 2.55. The SMILES string of the molecule is Nc1nc(C2COCC2N)cs1. The van der Waals surface area contributed by atoms with Crippen LogP contribution >= 0.6 is 11.3 Å². The highest BCUT2D eigenvalue weighted by molar-refractivity contribution is 7.13. The lowest BCUT2D eigenvalue weighted by Gasteiger charge is -2.08. The van der Waals surface area contributed by atoms with E-state index in [1.165, 1.54) is 11.3 Å². The fourth-order valence-corrected chi connectivity index (χ4v) is 1.97. The molecule has 2 heterocycles. The fourth-order valence-electron chi connectivity index (χ4n) is 1.35. The molecule has 66 valence electrons. The van der Waals surface area contributed by atoms with Crippen LogP contribution in [0.4, 0.5) is 5.13 Å². The maximum absolute atomic E-state index is 5.82. The second-order valence-corrected chi connectivity index (χ2v) is 3.81. The third kappa shape index (κ3) is 1.31. The quantitative estimate of drug-likeness (QED) is 0.654. The summed E-state index contributed by atoms with van der Waals surface area (Å²) in [6, 6.07) is 0.0755. The number of nitrogens with two attached hydrogens (primary N) is 2. The second kappa shape index (κ2) is 3.01. The Balaban J connectivity index is 2.19.